The minimum Gasteiger partial charge on any atom is -0.353 e. The Hall–Kier alpha value is -2.78. The molecular weight excluding hydrogens is 390 g/mol. The van der Waals surface area contributed by atoms with E-state index in [1.165, 1.54) is 13.3 Å². The predicted molar refractivity (Wildman–Crippen MR) is 116 cm³/mol. The minimum absolute atomic E-state index is 0.0457. The molecule has 0 radical (unpaired) electrons. The van der Waals surface area contributed by atoms with Gasteiger partial charge in [-0.1, -0.05) is 18.0 Å². The molecule has 0 spiro atoms. The zero-order chi connectivity index (χ0) is 21.0. The second kappa shape index (κ2) is 9.15. The van der Waals surface area contributed by atoms with Crippen molar-refractivity contribution in [3.63, 3.8) is 0 Å². The van der Waals surface area contributed by atoms with Gasteiger partial charge >= 0.3 is 0 Å². The van der Waals surface area contributed by atoms with Gasteiger partial charge in [-0.15, -0.1) is 0 Å². The van der Waals surface area contributed by atoms with Crippen LogP contribution in [0.1, 0.15) is 28.8 Å². The van der Waals surface area contributed by atoms with Crippen LogP contribution in [0, 0.1) is 12.8 Å². The molecule has 2 amide bonds. The number of hydroxylamine groups is 1. The highest BCUT2D eigenvalue weighted by Crippen LogP contribution is 2.34. The SMILES string of the molecule is CONC(=O)c1cnc(NC(=O)C2CC2)cc1Nc1ccc(C)cc1N(C)SC. The second-order valence-electron chi connectivity index (χ2n) is 6.84. The Balaban J connectivity index is 1.96. The molecule has 1 saturated carbocycles. The fraction of sp³-hybridized carbons (Fsp3) is 0.350. The lowest BCUT2D eigenvalue weighted by Crippen LogP contribution is -2.23. The van der Waals surface area contributed by atoms with Crippen LogP contribution in [-0.2, 0) is 9.63 Å². The van der Waals surface area contributed by atoms with Gasteiger partial charge < -0.3 is 14.9 Å². The van der Waals surface area contributed by atoms with Crippen LogP contribution < -0.4 is 20.4 Å². The first-order valence-corrected chi connectivity index (χ1v) is 10.4. The Morgan fingerprint density at radius 2 is 2.00 bits per heavy atom. The summed E-state index contributed by atoms with van der Waals surface area (Å²) in [5, 5.41) is 6.14. The van der Waals surface area contributed by atoms with Crippen molar-refractivity contribution in [2.45, 2.75) is 19.8 Å². The van der Waals surface area contributed by atoms with Crippen LogP contribution in [0.15, 0.2) is 30.5 Å². The number of carbonyl (C=O) groups is 2. The highest BCUT2D eigenvalue weighted by molar-refractivity contribution is 7.99. The molecule has 3 N–H and O–H groups in total. The highest BCUT2D eigenvalue weighted by atomic mass is 32.2. The van der Waals surface area contributed by atoms with Crippen molar-refractivity contribution >= 4 is 46.6 Å². The van der Waals surface area contributed by atoms with Crippen molar-refractivity contribution in [3.05, 3.63) is 41.6 Å². The monoisotopic (exact) mass is 415 g/mol. The molecule has 1 fully saturated rings. The predicted octanol–water partition coefficient (Wildman–Crippen LogP) is 3.49. The smallest absolute Gasteiger partial charge is 0.278 e. The fourth-order valence-electron chi connectivity index (χ4n) is 2.78. The first-order chi connectivity index (χ1) is 13.9. The first kappa shape index (κ1) is 20.9. The summed E-state index contributed by atoms with van der Waals surface area (Å²) in [5.41, 5.74) is 6.04. The zero-order valence-electron chi connectivity index (χ0n) is 16.9. The van der Waals surface area contributed by atoms with Crippen molar-refractivity contribution in [1.29, 1.82) is 0 Å². The third kappa shape index (κ3) is 5.18. The number of aryl methyl sites for hydroxylation is 1. The topological polar surface area (TPSA) is 95.6 Å². The molecule has 1 aliphatic carbocycles. The van der Waals surface area contributed by atoms with E-state index in [4.69, 9.17) is 4.84 Å². The maximum Gasteiger partial charge on any atom is 0.278 e. The van der Waals surface area contributed by atoms with Crippen LogP contribution in [0.3, 0.4) is 0 Å². The molecule has 2 aromatic rings. The molecule has 1 aromatic carbocycles. The number of amides is 2. The zero-order valence-corrected chi connectivity index (χ0v) is 17.7. The van der Waals surface area contributed by atoms with Gasteiger partial charge in [0.25, 0.3) is 5.91 Å². The number of rotatable bonds is 8. The summed E-state index contributed by atoms with van der Waals surface area (Å²) in [5.74, 6) is -0.0287. The fourth-order valence-corrected chi connectivity index (χ4v) is 3.13. The van der Waals surface area contributed by atoms with E-state index in [-0.39, 0.29) is 11.8 Å². The molecule has 9 heteroatoms. The van der Waals surface area contributed by atoms with Crippen LogP contribution in [0.2, 0.25) is 0 Å². The third-order valence-corrected chi connectivity index (χ3v) is 5.32. The van der Waals surface area contributed by atoms with E-state index in [0.29, 0.717) is 17.1 Å². The molecule has 0 atom stereocenters. The van der Waals surface area contributed by atoms with Crippen LogP contribution >= 0.6 is 11.9 Å². The molecule has 0 saturated heterocycles. The van der Waals surface area contributed by atoms with E-state index < -0.39 is 5.91 Å². The van der Waals surface area contributed by atoms with Crippen molar-refractivity contribution in [2.24, 2.45) is 5.92 Å². The number of carbonyl (C=O) groups excluding carboxylic acids is 2. The van der Waals surface area contributed by atoms with E-state index in [0.717, 1.165) is 29.8 Å². The van der Waals surface area contributed by atoms with Crippen molar-refractivity contribution in [3.8, 4) is 0 Å². The average molecular weight is 416 g/mol. The number of pyridine rings is 1. The van der Waals surface area contributed by atoms with E-state index in [1.54, 1.807) is 18.0 Å². The average Bonchev–Trinajstić information content (AvgIpc) is 3.54. The summed E-state index contributed by atoms with van der Waals surface area (Å²) in [7, 11) is 3.34. The molecule has 0 aliphatic heterocycles. The number of hydrogen-bond donors (Lipinski definition) is 3. The first-order valence-electron chi connectivity index (χ1n) is 9.22. The van der Waals surface area contributed by atoms with Crippen molar-refractivity contribution in [1.82, 2.24) is 10.5 Å². The molecular formula is C20H25N5O3S. The summed E-state index contributed by atoms with van der Waals surface area (Å²) >= 11 is 1.58. The van der Waals surface area contributed by atoms with Gasteiger partial charge in [0, 0.05) is 31.5 Å². The Bertz CT molecular complexity index is 917. The number of benzene rings is 1. The Labute approximate surface area is 174 Å². The standard InChI is InChI=1S/C20H25N5O3S/c1-12-5-8-15(17(9-12)25(2)29-4)22-16-10-18(23-19(26)13-6-7-13)21-11-14(16)20(27)24-28-3/h5,8-11,13H,6-7H2,1-4H3,(H,24,27)(H2,21,22,23,26). The summed E-state index contributed by atoms with van der Waals surface area (Å²) in [6, 6.07) is 7.67. The van der Waals surface area contributed by atoms with Gasteiger partial charge in [-0.25, -0.2) is 10.5 Å². The number of nitrogens with one attached hydrogen (secondary N) is 3. The molecule has 0 unspecified atom stereocenters. The van der Waals surface area contributed by atoms with Gasteiger partial charge in [0.2, 0.25) is 5.91 Å². The molecule has 1 aromatic heterocycles. The lowest BCUT2D eigenvalue weighted by atomic mass is 10.1. The maximum absolute atomic E-state index is 12.4. The van der Waals surface area contributed by atoms with Gasteiger partial charge in [0.05, 0.1) is 29.7 Å². The highest BCUT2D eigenvalue weighted by Gasteiger charge is 2.30. The van der Waals surface area contributed by atoms with Crippen LogP contribution in [0.5, 0.6) is 0 Å². The molecule has 8 nitrogen and oxygen atoms in total. The molecule has 1 heterocycles. The second-order valence-corrected chi connectivity index (χ2v) is 7.75. The Kier molecular flexibility index (Phi) is 6.60. The van der Waals surface area contributed by atoms with Crippen molar-refractivity contribution < 1.29 is 14.4 Å². The van der Waals surface area contributed by atoms with Gasteiger partial charge in [0.1, 0.15) is 5.82 Å². The molecule has 154 valence electrons. The number of hydrogen-bond acceptors (Lipinski definition) is 7. The lowest BCUT2D eigenvalue weighted by molar-refractivity contribution is -0.117. The summed E-state index contributed by atoms with van der Waals surface area (Å²) in [6.45, 7) is 2.02. The van der Waals surface area contributed by atoms with Gasteiger partial charge in [-0.2, -0.15) is 0 Å². The quantitative estimate of drug-likeness (QED) is 0.449. The lowest BCUT2D eigenvalue weighted by Gasteiger charge is -2.22. The Morgan fingerprint density at radius 3 is 2.66 bits per heavy atom. The number of nitrogens with zero attached hydrogens (tertiary/aromatic N) is 2. The van der Waals surface area contributed by atoms with Gasteiger partial charge in [-0.3, -0.25) is 14.4 Å². The van der Waals surface area contributed by atoms with Gasteiger partial charge in [0.15, 0.2) is 0 Å². The minimum atomic E-state index is -0.436. The summed E-state index contributed by atoms with van der Waals surface area (Å²) in [4.78, 5) is 33.5. The molecule has 29 heavy (non-hydrogen) atoms. The van der Waals surface area contributed by atoms with Gasteiger partial charge in [-0.05, 0) is 37.5 Å². The third-order valence-electron chi connectivity index (χ3n) is 4.58. The van der Waals surface area contributed by atoms with E-state index in [9.17, 15) is 9.59 Å². The van der Waals surface area contributed by atoms with E-state index in [1.807, 2.05) is 36.7 Å². The molecule has 3 rings (SSSR count). The normalized spacial score (nSPS) is 13.0. The number of aromatic nitrogens is 1. The van der Waals surface area contributed by atoms with Crippen LogP contribution in [0.4, 0.5) is 22.9 Å². The number of anilines is 4. The van der Waals surface area contributed by atoms with E-state index >= 15 is 0 Å². The van der Waals surface area contributed by atoms with Crippen LogP contribution in [0.25, 0.3) is 0 Å². The summed E-state index contributed by atoms with van der Waals surface area (Å²) < 4.78 is 2.03. The summed E-state index contributed by atoms with van der Waals surface area (Å²) in [6.07, 6.45) is 5.21. The maximum atomic E-state index is 12.4. The van der Waals surface area contributed by atoms with Crippen molar-refractivity contribution in [2.75, 3.05) is 35.4 Å². The van der Waals surface area contributed by atoms with Crippen LogP contribution in [-0.4, -0.2) is 37.2 Å². The molecule has 0 bridgehead atoms. The largest absolute Gasteiger partial charge is 0.353 e. The van der Waals surface area contributed by atoms with E-state index in [2.05, 4.69) is 27.2 Å². The molecule has 1 aliphatic rings. The Morgan fingerprint density at radius 1 is 1.24 bits per heavy atom.